The molecule has 7 heteroatoms. The minimum Gasteiger partial charge on any atom is -0.337 e. The van der Waals surface area contributed by atoms with E-state index in [1.807, 2.05) is 56.3 Å². The molecule has 0 spiro atoms. The summed E-state index contributed by atoms with van der Waals surface area (Å²) in [6, 6.07) is 13.7. The van der Waals surface area contributed by atoms with E-state index in [0.29, 0.717) is 11.5 Å². The van der Waals surface area contributed by atoms with Crippen LogP contribution in [0.3, 0.4) is 0 Å². The van der Waals surface area contributed by atoms with Crippen molar-refractivity contribution < 1.29 is 4.52 Å². The predicted molar refractivity (Wildman–Crippen MR) is 123 cm³/mol. The van der Waals surface area contributed by atoms with Crippen LogP contribution in [0.5, 0.6) is 0 Å². The summed E-state index contributed by atoms with van der Waals surface area (Å²) in [6.07, 6.45) is 3.14. The largest absolute Gasteiger partial charge is 0.337 e. The summed E-state index contributed by atoms with van der Waals surface area (Å²) in [5.41, 5.74) is 3.51. The molecule has 0 N–H and O–H groups in total. The smallest absolute Gasteiger partial charge is 0.320 e. The summed E-state index contributed by atoms with van der Waals surface area (Å²) < 4.78 is 7.97. The molecule has 4 rings (SSSR count). The van der Waals surface area contributed by atoms with E-state index >= 15 is 0 Å². The van der Waals surface area contributed by atoms with Crippen LogP contribution in [-0.2, 0) is 12.0 Å². The molecule has 164 valence electrons. The first kappa shape index (κ1) is 21.5. The zero-order valence-corrected chi connectivity index (χ0v) is 18.9. The maximum Gasteiger partial charge on any atom is 0.320 e. The van der Waals surface area contributed by atoms with E-state index in [1.165, 1.54) is 14.7 Å². The van der Waals surface area contributed by atoms with Crippen molar-refractivity contribution in [3.8, 4) is 17.1 Å². The van der Waals surface area contributed by atoms with Crippen LogP contribution in [0.15, 0.2) is 69.0 Å². The zero-order valence-electron chi connectivity index (χ0n) is 18.9. The van der Waals surface area contributed by atoms with Crippen LogP contribution < -0.4 is 11.1 Å². The molecule has 0 radical (unpaired) electrons. The predicted octanol–water partition coefficient (Wildman–Crippen LogP) is 4.01. The maximum atomic E-state index is 12.7. The molecule has 0 atom stereocenters. The van der Waals surface area contributed by atoms with Gasteiger partial charge in [-0.2, -0.15) is 4.98 Å². The Kier molecular flexibility index (Phi) is 5.42. The molecule has 7 nitrogen and oxygen atoms in total. The molecule has 0 unspecified atom stereocenters. The van der Waals surface area contributed by atoms with E-state index in [2.05, 4.69) is 30.9 Å². The lowest BCUT2D eigenvalue weighted by Crippen LogP contribution is -2.40. The van der Waals surface area contributed by atoms with Gasteiger partial charge in [0.2, 0.25) is 11.7 Å². The number of hydrogen-bond donors (Lipinski definition) is 0. The molecule has 2 heterocycles. The average molecular weight is 431 g/mol. The van der Waals surface area contributed by atoms with Crippen LogP contribution >= 0.6 is 0 Å². The van der Waals surface area contributed by atoms with Crippen LogP contribution in [-0.4, -0.2) is 19.3 Å². The highest BCUT2D eigenvalue weighted by atomic mass is 16.5. The Balaban J connectivity index is 1.59. The normalized spacial score (nSPS) is 11.7. The second kappa shape index (κ2) is 8.07. The van der Waals surface area contributed by atoms with Gasteiger partial charge in [0.15, 0.2) is 0 Å². The van der Waals surface area contributed by atoms with E-state index in [0.717, 1.165) is 16.7 Å². The Morgan fingerprint density at radius 1 is 0.906 bits per heavy atom. The van der Waals surface area contributed by atoms with E-state index in [9.17, 15) is 9.59 Å². The van der Waals surface area contributed by atoms with Crippen LogP contribution in [0.1, 0.15) is 43.4 Å². The fourth-order valence-corrected chi connectivity index (χ4v) is 3.63. The second-order valence-corrected chi connectivity index (χ2v) is 9.09. The lowest BCUT2D eigenvalue weighted by atomic mass is 9.87. The van der Waals surface area contributed by atoms with Gasteiger partial charge in [0, 0.05) is 23.6 Å². The van der Waals surface area contributed by atoms with Gasteiger partial charge in [-0.3, -0.25) is 18.7 Å². The number of benzene rings is 2. The number of aryl methyl sites for hydroxylation is 2. The zero-order chi connectivity index (χ0) is 23.0. The monoisotopic (exact) mass is 430 g/mol. The van der Waals surface area contributed by atoms with Crippen molar-refractivity contribution in [2.75, 3.05) is 0 Å². The van der Waals surface area contributed by atoms with Crippen molar-refractivity contribution in [1.82, 2.24) is 19.3 Å². The minimum absolute atomic E-state index is 0.0227. The average Bonchev–Trinajstić information content (AvgIpc) is 3.19. The van der Waals surface area contributed by atoms with E-state index in [1.54, 1.807) is 12.4 Å². The Bertz CT molecular complexity index is 1370. The first-order valence-electron chi connectivity index (χ1n) is 10.5. The summed E-state index contributed by atoms with van der Waals surface area (Å²) in [7, 11) is 0. The van der Waals surface area contributed by atoms with E-state index in [4.69, 9.17) is 4.52 Å². The van der Waals surface area contributed by atoms with Crippen molar-refractivity contribution in [3.63, 3.8) is 0 Å². The van der Waals surface area contributed by atoms with Crippen molar-refractivity contribution in [2.45, 2.75) is 46.6 Å². The molecule has 0 saturated heterocycles. The first-order chi connectivity index (χ1) is 15.1. The number of hydrogen-bond acceptors (Lipinski definition) is 5. The SMILES string of the molecule is Cc1cc(C)cc(-n2ccn(Cc3nc(-c4ccc(C(C)(C)C)cc4)no3)c(=O)c2=O)c1. The summed E-state index contributed by atoms with van der Waals surface area (Å²) in [4.78, 5) is 29.8. The van der Waals surface area contributed by atoms with Crippen LogP contribution in [0.2, 0.25) is 0 Å². The van der Waals surface area contributed by atoms with Gasteiger partial charge in [-0.15, -0.1) is 0 Å². The summed E-state index contributed by atoms with van der Waals surface area (Å²) in [6.45, 7) is 10.4. The molecular weight excluding hydrogens is 404 g/mol. The number of rotatable bonds is 4. The fourth-order valence-electron chi connectivity index (χ4n) is 3.63. The molecule has 32 heavy (non-hydrogen) atoms. The highest BCUT2D eigenvalue weighted by molar-refractivity contribution is 5.55. The van der Waals surface area contributed by atoms with Gasteiger partial charge >= 0.3 is 11.1 Å². The van der Waals surface area contributed by atoms with Crippen molar-refractivity contribution in [3.05, 3.63) is 98.1 Å². The molecule has 0 saturated carbocycles. The molecule has 4 aromatic rings. The lowest BCUT2D eigenvalue weighted by Gasteiger charge is -2.18. The van der Waals surface area contributed by atoms with Gasteiger partial charge in [0.1, 0.15) is 6.54 Å². The Labute approximate surface area is 186 Å². The van der Waals surface area contributed by atoms with Gasteiger partial charge in [-0.1, -0.05) is 56.3 Å². The quantitative estimate of drug-likeness (QED) is 0.457. The first-order valence-corrected chi connectivity index (χ1v) is 10.5. The van der Waals surface area contributed by atoms with Crippen LogP contribution in [0, 0.1) is 13.8 Å². The molecule has 2 aromatic carbocycles. The fraction of sp³-hybridized carbons (Fsp3) is 0.280. The molecule has 0 bridgehead atoms. The molecule has 0 aliphatic heterocycles. The Morgan fingerprint density at radius 2 is 1.56 bits per heavy atom. The van der Waals surface area contributed by atoms with Crippen LogP contribution in [0.4, 0.5) is 0 Å². The van der Waals surface area contributed by atoms with E-state index in [-0.39, 0.29) is 17.9 Å². The van der Waals surface area contributed by atoms with Crippen molar-refractivity contribution in [2.24, 2.45) is 0 Å². The minimum atomic E-state index is -0.652. The highest BCUT2D eigenvalue weighted by Gasteiger charge is 2.16. The van der Waals surface area contributed by atoms with Crippen molar-refractivity contribution >= 4 is 0 Å². The Morgan fingerprint density at radius 3 is 2.19 bits per heavy atom. The standard InChI is InChI=1S/C25H26N4O3/c1-16-12-17(2)14-20(13-16)29-11-10-28(23(30)24(29)31)15-21-26-22(27-32-21)18-6-8-19(9-7-18)25(3,4)5/h6-14H,15H2,1-5H3. The molecule has 0 amide bonds. The number of aromatic nitrogens is 4. The highest BCUT2D eigenvalue weighted by Crippen LogP contribution is 2.25. The third-order valence-electron chi connectivity index (χ3n) is 5.33. The van der Waals surface area contributed by atoms with Crippen molar-refractivity contribution in [1.29, 1.82) is 0 Å². The number of nitrogens with zero attached hydrogens (tertiary/aromatic N) is 4. The second-order valence-electron chi connectivity index (χ2n) is 9.09. The molecule has 0 aliphatic rings. The third kappa shape index (κ3) is 4.32. The summed E-state index contributed by atoms with van der Waals surface area (Å²) >= 11 is 0. The molecule has 0 fully saturated rings. The van der Waals surface area contributed by atoms with Gasteiger partial charge < -0.3 is 4.52 Å². The van der Waals surface area contributed by atoms with Gasteiger partial charge in [-0.25, -0.2) is 0 Å². The molecule has 2 aromatic heterocycles. The van der Waals surface area contributed by atoms with E-state index < -0.39 is 11.1 Å². The topological polar surface area (TPSA) is 82.9 Å². The van der Waals surface area contributed by atoms with Gasteiger partial charge in [-0.05, 0) is 48.1 Å². The van der Waals surface area contributed by atoms with Gasteiger partial charge in [0.25, 0.3) is 0 Å². The Hall–Kier alpha value is -3.74. The van der Waals surface area contributed by atoms with Gasteiger partial charge in [0.05, 0.1) is 0 Å². The lowest BCUT2D eigenvalue weighted by molar-refractivity contribution is 0.369. The summed E-state index contributed by atoms with van der Waals surface area (Å²) in [5, 5.41) is 4.03. The third-order valence-corrected chi connectivity index (χ3v) is 5.33. The van der Waals surface area contributed by atoms with Crippen LogP contribution in [0.25, 0.3) is 17.1 Å². The summed E-state index contributed by atoms with van der Waals surface area (Å²) in [5.74, 6) is 0.697. The maximum absolute atomic E-state index is 12.7. The molecule has 0 aliphatic carbocycles. The molecular formula is C25H26N4O3.